The lowest BCUT2D eigenvalue weighted by molar-refractivity contribution is -0.145. The van der Waals surface area contributed by atoms with Gasteiger partial charge in [0.2, 0.25) is 5.91 Å². The summed E-state index contributed by atoms with van der Waals surface area (Å²) in [4.78, 5) is 40.6. The van der Waals surface area contributed by atoms with Crippen LogP contribution in [-0.2, 0) is 20.9 Å². The molecule has 3 aromatic carbocycles. The smallest absolute Gasteiger partial charge is 0.407 e. The van der Waals surface area contributed by atoms with Gasteiger partial charge in [0.25, 0.3) is 0 Å². The van der Waals surface area contributed by atoms with E-state index in [1.54, 1.807) is 7.05 Å². The number of carboxylic acids is 1. The first-order valence-electron chi connectivity index (χ1n) is 12.8. The van der Waals surface area contributed by atoms with Crippen molar-refractivity contribution < 1.29 is 29.3 Å². The van der Waals surface area contributed by atoms with Gasteiger partial charge in [0.05, 0.1) is 6.61 Å². The number of hydrogen-bond acceptors (Lipinski definition) is 6. The summed E-state index contributed by atoms with van der Waals surface area (Å²) in [5.41, 5.74) is 5.36. The van der Waals surface area contributed by atoms with Crippen LogP contribution in [0.15, 0.2) is 78.9 Å². The SMILES string of the molecule is CN(Cc1ccccc1)CC(NC(=O)OCC1c2ccccc2-c2ccccc21)C(=O)N(CCO)CC(=O)O. The molecule has 0 heterocycles. The molecule has 0 saturated carbocycles. The summed E-state index contributed by atoms with van der Waals surface area (Å²) < 4.78 is 5.64. The first-order valence-corrected chi connectivity index (χ1v) is 12.8. The molecular weight excluding hydrogens is 498 g/mol. The number of aliphatic hydroxyl groups is 1. The molecule has 1 aliphatic carbocycles. The van der Waals surface area contributed by atoms with Crippen LogP contribution in [0.5, 0.6) is 0 Å². The number of ether oxygens (including phenoxy) is 1. The van der Waals surface area contributed by atoms with E-state index in [4.69, 9.17) is 4.74 Å². The Kier molecular flexibility index (Phi) is 9.30. The Morgan fingerprint density at radius 2 is 1.51 bits per heavy atom. The second-order valence-electron chi connectivity index (χ2n) is 9.58. The van der Waals surface area contributed by atoms with E-state index >= 15 is 0 Å². The number of nitrogens with zero attached hydrogens (tertiary/aromatic N) is 2. The first kappa shape index (κ1) is 27.8. The molecule has 3 aromatic rings. The van der Waals surface area contributed by atoms with E-state index < -0.39 is 37.2 Å². The minimum absolute atomic E-state index is 0.0795. The predicted molar refractivity (Wildman–Crippen MR) is 146 cm³/mol. The molecular formula is C30H33N3O6. The maximum atomic E-state index is 13.3. The number of hydrogen-bond donors (Lipinski definition) is 3. The number of carbonyl (C=O) groups is 3. The summed E-state index contributed by atoms with van der Waals surface area (Å²) in [6.07, 6.45) is -0.775. The van der Waals surface area contributed by atoms with Crippen molar-refractivity contribution >= 4 is 18.0 Å². The van der Waals surface area contributed by atoms with Crippen LogP contribution >= 0.6 is 0 Å². The number of aliphatic carboxylic acids is 1. The lowest BCUT2D eigenvalue weighted by Crippen LogP contribution is -2.54. The zero-order valence-electron chi connectivity index (χ0n) is 21.8. The minimum Gasteiger partial charge on any atom is -0.480 e. The monoisotopic (exact) mass is 531 g/mol. The van der Waals surface area contributed by atoms with Crippen molar-refractivity contribution in [3.8, 4) is 11.1 Å². The van der Waals surface area contributed by atoms with E-state index in [0.717, 1.165) is 32.7 Å². The number of likely N-dealkylation sites (N-methyl/N-ethyl adjacent to an activating group) is 1. The lowest BCUT2D eigenvalue weighted by Gasteiger charge is -2.29. The topological polar surface area (TPSA) is 119 Å². The Bertz CT molecular complexity index is 1250. The summed E-state index contributed by atoms with van der Waals surface area (Å²) in [5.74, 6) is -1.97. The third-order valence-corrected chi connectivity index (χ3v) is 6.73. The number of carboxylic acid groups (broad SMARTS) is 1. The number of carbonyl (C=O) groups excluding carboxylic acids is 2. The van der Waals surface area contributed by atoms with Crippen LogP contribution in [0.4, 0.5) is 4.79 Å². The summed E-state index contributed by atoms with van der Waals surface area (Å²) in [5, 5.41) is 21.3. The van der Waals surface area contributed by atoms with Gasteiger partial charge >= 0.3 is 12.1 Å². The van der Waals surface area contributed by atoms with Gasteiger partial charge in [-0.3, -0.25) is 14.5 Å². The molecule has 1 aliphatic rings. The standard InChI is InChI=1S/C30H33N3O6/c1-32(17-21-9-3-2-4-10-21)18-27(29(37)33(15-16-34)19-28(35)36)31-30(38)39-20-26-24-13-7-5-11-22(24)23-12-6-8-14-25(23)26/h2-14,26-27,34H,15-20H2,1H3,(H,31,38)(H,35,36). The number of nitrogens with one attached hydrogen (secondary N) is 1. The maximum Gasteiger partial charge on any atom is 0.407 e. The summed E-state index contributed by atoms with van der Waals surface area (Å²) in [6, 6.07) is 24.5. The van der Waals surface area contributed by atoms with Gasteiger partial charge in [-0.05, 0) is 34.9 Å². The van der Waals surface area contributed by atoms with Crippen LogP contribution in [-0.4, -0.2) is 83.9 Å². The Morgan fingerprint density at radius 3 is 2.10 bits per heavy atom. The largest absolute Gasteiger partial charge is 0.480 e. The van der Waals surface area contributed by atoms with Gasteiger partial charge in [-0.15, -0.1) is 0 Å². The summed E-state index contributed by atoms with van der Waals surface area (Å²) in [6.45, 7) is -0.469. The van der Waals surface area contributed by atoms with Crippen molar-refractivity contribution in [1.82, 2.24) is 15.1 Å². The van der Waals surface area contributed by atoms with E-state index in [1.807, 2.05) is 83.8 Å². The molecule has 9 heteroatoms. The minimum atomic E-state index is -1.21. The van der Waals surface area contributed by atoms with Crippen LogP contribution in [0.25, 0.3) is 11.1 Å². The highest BCUT2D eigenvalue weighted by molar-refractivity contribution is 5.88. The van der Waals surface area contributed by atoms with Crippen molar-refractivity contribution in [2.75, 3.05) is 39.9 Å². The van der Waals surface area contributed by atoms with Gasteiger partial charge in [-0.2, -0.15) is 0 Å². The zero-order valence-corrected chi connectivity index (χ0v) is 21.8. The van der Waals surface area contributed by atoms with E-state index in [9.17, 15) is 24.6 Å². The second kappa shape index (κ2) is 13.0. The van der Waals surface area contributed by atoms with Crippen LogP contribution in [0.3, 0.4) is 0 Å². The summed E-state index contributed by atoms with van der Waals surface area (Å²) in [7, 11) is 1.81. The van der Waals surface area contributed by atoms with Gasteiger partial charge in [-0.25, -0.2) is 4.79 Å². The van der Waals surface area contributed by atoms with Crippen molar-refractivity contribution in [1.29, 1.82) is 0 Å². The number of aliphatic hydroxyl groups excluding tert-OH is 1. The summed E-state index contributed by atoms with van der Waals surface area (Å²) >= 11 is 0. The van der Waals surface area contributed by atoms with Crippen molar-refractivity contribution in [2.45, 2.75) is 18.5 Å². The number of fused-ring (bicyclic) bond motifs is 3. The van der Waals surface area contributed by atoms with Crippen LogP contribution in [0.2, 0.25) is 0 Å². The average molecular weight is 532 g/mol. The number of amides is 2. The molecule has 9 nitrogen and oxygen atoms in total. The van der Waals surface area contributed by atoms with Gasteiger partial charge in [-0.1, -0.05) is 78.9 Å². The normalized spacial score (nSPS) is 12.9. The van der Waals surface area contributed by atoms with E-state index in [-0.39, 0.29) is 25.6 Å². The molecule has 3 N–H and O–H groups in total. The van der Waals surface area contributed by atoms with Gasteiger partial charge in [0, 0.05) is 25.6 Å². The van der Waals surface area contributed by atoms with Gasteiger partial charge in [0.1, 0.15) is 19.2 Å². The molecule has 0 bridgehead atoms. The van der Waals surface area contributed by atoms with Crippen molar-refractivity contribution in [3.63, 3.8) is 0 Å². The number of rotatable bonds is 12. The molecule has 39 heavy (non-hydrogen) atoms. The molecule has 0 fully saturated rings. The fourth-order valence-electron chi connectivity index (χ4n) is 5.01. The first-order chi connectivity index (χ1) is 18.9. The Labute approximate surface area is 227 Å². The quantitative estimate of drug-likeness (QED) is 0.329. The highest BCUT2D eigenvalue weighted by atomic mass is 16.5. The molecule has 1 atom stereocenters. The maximum absolute atomic E-state index is 13.3. The molecule has 4 rings (SSSR count). The average Bonchev–Trinajstić information content (AvgIpc) is 3.25. The van der Waals surface area contributed by atoms with Gasteiger partial charge in [0.15, 0.2) is 0 Å². The Balaban J connectivity index is 1.47. The Morgan fingerprint density at radius 1 is 0.923 bits per heavy atom. The molecule has 0 saturated heterocycles. The van der Waals surface area contributed by atoms with Crippen molar-refractivity contribution in [3.05, 3.63) is 95.6 Å². The number of benzene rings is 3. The van der Waals surface area contributed by atoms with E-state index in [0.29, 0.717) is 6.54 Å². The highest BCUT2D eigenvalue weighted by Gasteiger charge is 2.31. The van der Waals surface area contributed by atoms with Gasteiger partial charge < -0.3 is 25.2 Å². The number of alkyl carbamates (subject to hydrolysis) is 1. The molecule has 0 aromatic heterocycles. The predicted octanol–water partition coefficient (Wildman–Crippen LogP) is 2.93. The van der Waals surface area contributed by atoms with Crippen molar-refractivity contribution in [2.24, 2.45) is 0 Å². The fourth-order valence-corrected chi connectivity index (χ4v) is 5.01. The fraction of sp³-hybridized carbons (Fsp3) is 0.300. The molecule has 2 amide bonds. The van der Waals surface area contributed by atoms with Crippen LogP contribution in [0, 0.1) is 0 Å². The second-order valence-corrected chi connectivity index (χ2v) is 9.58. The lowest BCUT2D eigenvalue weighted by atomic mass is 9.98. The molecule has 0 aliphatic heterocycles. The molecule has 0 spiro atoms. The molecule has 204 valence electrons. The third-order valence-electron chi connectivity index (χ3n) is 6.73. The van der Waals surface area contributed by atoms with Crippen LogP contribution in [0.1, 0.15) is 22.6 Å². The zero-order chi connectivity index (χ0) is 27.8. The van der Waals surface area contributed by atoms with E-state index in [1.165, 1.54) is 0 Å². The molecule has 0 radical (unpaired) electrons. The van der Waals surface area contributed by atoms with Crippen LogP contribution < -0.4 is 5.32 Å². The highest BCUT2D eigenvalue weighted by Crippen LogP contribution is 2.44. The Hall–Kier alpha value is -4.21. The molecule has 1 unspecified atom stereocenters. The van der Waals surface area contributed by atoms with E-state index in [2.05, 4.69) is 5.32 Å². The third kappa shape index (κ3) is 7.01.